The second-order valence-corrected chi connectivity index (χ2v) is 3.95. The molecule has 0 amide bonds. The Labute approximate surface area is 108 Å². The van der Waals surface area contributed by atoms with Crippen molar-refractivity contribution in [2.75, 3.05) is 0 Å². The van der Waals surface area contributed by atoms with E-state index in [1.165, 1.54) is 12.3 Å². The normalized spacial score (nSPS) is 10.1. The van der Waals surface area contributed by atoms with Crippen molar-refractivity contribution in [2.45, 2.75) is 6.61 Å². The molecule has 0 N–H and O–H groups in total. The maximum absolute atomic E-state index is 10.8. The number of halogens is 1. The number of hydrogen-bond donors (Lipinski definition) is 0. The number of benzene rings is 1. The number of aromatic nitrogens is 1. The molecule has 0 aliphatic carbocycles. The zero-order valence-corrected chi connectivity index (χ0v) is 10.0. The average Bonchev–Trinajstić information content (AvgIpc) is 2.38. The largest absolute Gasteiger partial charge is 0.468 e. The highest BCUT2D eigenvalue weighted by Gasteiger charge is 2.17. The van der Waals surface area contributed by atoms with E-state index in [0.717, 1.165) is 5.56 Å². The van der Waals surface area contributed by atoms with Crippen LogP contribution in [-0.4, -0.2) is 9.91 Å². The van der Waals surface area contributed by atoms with Crippen LogP contribution in [0.15, 0.2) is 42.6 Å². The Balaban J connectivity index is 2.17. The van der Waals surface area contributed by atoms with Crippen molar-refractivity contribution in [2.24, 2.45) is 0 Å². The molecule has 0 fully saturated rings. The minimum Gasteiger partial charge on any atom is -0.468 e. The molecule has 2 rings (SSSR count). The third-order valence-electron chi connectivity index (χ3n) is 2.21. The molecule has 6 heteroatoms. The molecule has 0 atom stereocenters. The standard InChI is InChI=1S/C12H9ClN2O3/c13-10-6-11(15(16)17)12(14-7-10)18-8-9-4-2-1-3-5-9/h1-7H,8H2. The quantitative estimate of drug-likeness (QED) is 0.628. The van der Waals surface area contributed by atoms with Crippen molar-refractivity contribution in [3.63, 3.8) is 0 Å². The van der Waals surface area contributed by atoms with Crippen LogP contribution in [-0.2, 0) is 6.61 Å². The maximum atomic E-state index is 10.8. The van der Waals surface area contributed by atoms with Crippen LogP contribution in [0.4, 0.5) is 5.69 Å². The van der Waals surface area contributed by atoms with Crippen molar-refractivity contribution in [3.8, 4) is 5.88 Å². The van der Waals surface area contributed by atoms with Crippen molar-refractivity contribution in [1.82, 2.24) is 4.98 Å². The molecule has 0 aliphatic heterocycles. The van der Waals surface area contributed by atoms with Gasteiger partial charge in [0.25, 0.3) is 5.88 Å². The lowest BCUT2D eigenvalue weighted by Gasteiger charge is -2.05. The fraction of sp³-hybridized carbons (Fsp3) is 0.0833. The van der Waals surface area contributed by atoms with Crippen LogP contribution >= 0.6 is 11.6 Å². The SMILES string of the molecule is O=[N+]([O-])c1cc(Cl)cnc1OCc1ccccc1. The van der Waals surface area contributed by atoms with Crippen molar-refractivity contribution < 1.29 is 9.66 Å². The van der Waals surface area contributed by atoms with Gasteiger partial charge in [-0.25, -0.2) is 4.98 Å². The third kappa shape index (κ3) is 2.95. The van der Waals surface area contributed by atoms with Gasteiger partial charge in [0.1, 0.15) is 6.61 Å². The molecule has 92 valence electrons. The molecule has 0 aliphatic rings. The molecular formula is C12H9ClN2O3. The zero-order valence-electron chi connectivity index (χ0n) is 9.25. The van der Waals surface area contributed by atoms with Gasteiger partial charge < -0.3 is 4.74 Å². The smallest absolute Gasteiger partial charge is 0.332 e. The van der Waals surface area contributed by atoms with Gasteiger partial charge in [0.15, 0.2) is 0 Å². The summed E-state index contributed by atoms with van der Waals surface area (Å²) in [7, 11) is 0. The van der Waals surface area contributed by atoms with Crippen LogP contribution < -0.4 is 4.74 Å². The fourth-order valence-corrected chi connectivity index (χ4v) is 1.54. The van der Waals surface area contributed by atoms with Crippen LogP contribution in [0.3, 0.4) is 0 Å². The Morgan fingerprint density at radius 1 is 1.33 bits per heavy atom. The van der Waals surface area contributed by atoms with Crippen LogP contribution in [0.2, 0.25) is 5.02 Å². The number of pyridine rings is 1. The van der Waals surface area contributed by atoms with E-state index in [-0.39, 0.29) is 23.2 Å². The molecule has 1 heterocycles. The highest BCUT2D eigenvalue weighted by atomic mass is 35.5. The lowest BCUT2D eigenvalue weighted by Crippen LogP contribution is -2.01. The maximum Gasteiger partial charge on any atom is 0.332 e. The Hall–Kier alpha value is -2.14. The predicted octanol–water partition coefficient (Wildman–Crippen LogP) is 3.22. The molecule has 0 spiro atoms. The monoisotopic (exact) mass is 264 g/mol. The van der Waals surface area contributed by atoms with Crippen molar-refractivity contribution >= 4 is 17.3 Å². The Morgan fingerprint density at radius 3 is 2.72 bits per heavy atom. The van der Waals surface area contributed by atoms with Gasteiger partial charge in [-0.1, -0.05) is 41.9 Å². The molecule has 0 saturated heterocycles. The average molecular weight is 265 g/mol. The number of nitro groups is 1. The minimum atomic E-state index is -0.570. The van der Waals surface area contributed by atoms with Crippen LogP contribution in [0.5, 0.6) is 5.88 Å². The van der Waals surface area contributed by atoms with Crippen molar-refractivity contribution in [3.05, 3.63) is 63.3 Å². The summed E-state index contributed by atoms with van der Waals surface area (Å²) in [4.78, 5) is 14.1. The summed E-state index contributed by atoms with van der Waals surface area (Å²) in [6.45, 7) is 0.219. The molecule has 2 aromatic rings. The van der Waals surface area contributed by atoms with E-state index in [1.54, 1.807) is 0 Å². The summed E-state index contributed by atoms with van der Waals surface area (Å²) in [5.41, 5.74) is 0.668. The first kappa shape index (κ1) is 12.3. The Kier molecular flexibility index (Phi) is 3.74. The van der Waals surface area contributed by atoms with E-state index < -0.39 is 4.92 Å². The minimum absolute atomic E-state index is 0.0340. The molecule has 0 unspecified atom stereocenters. The molecular weight excluding hydrogens is 256 g/mol. The van der Waals surface area contributed by atoms with E-state index in [4.69, 9.17) is 16.3 Å². The van der Waals surface area contributed by atoms with E-state index in [0.29, 0.717) is 0 Å². The summed E-state index contributed by atoms with van der Waals surface area (Å²) < 4.78 is 5.33. The number of rotatable bonds is 4. The van der Waals surface area contributed by atoms with E-state index >= 15 is 0 Å². The van der Waals surface area contributed by atoms with Gasteiger partial charge in [-0.15, -0.1) is 0 Å². The summed E-state index contributed by atoms with van der Waals surface area (Å²) >= 11 is 5.66. The molecule has 0 radical (unpaired) electrons. The fourth-order valence-electron chi connectivity index (χ4n) is 1.38. The molecule has 0 bridgehead atoms. The summed E-state index contributed by atoms with van der Waals surface area (Å²) in [5, 5.41) is 11.0. The Morgan fingerprint density at radius 2 is 2.06 bits per heavy atom. The van der Waals surface area contributed by atoms with Gasteiger partial charge in [-0.3, -0.25) is 10.1 Å². The van der Waals surface area contributed by atoms with Crippen LogP contribution in [0.25, 0.3) is 0 Å². The van der Waals surface area contributed by atoms with Gasteiger partial charge in [0.2, 0.25) is 0 Å². The second-order valence-electron chi connectivity index (χ2n) is 3.51. The number of nitrogens with zero attached hydrogens (tertiary/aromatic N) is 2. The van der Waals surface area contributed by atoms with E-state index in [1.807, 2.05) is 30.3 Å². The summed E-state index contributed by atoms with van der Waals surface area (Å²) in [6.07, 6.45) is 1.31. The molecule has 0 saturated carbocycles. The third-order valence-corrected chi connectivity index (χ3v) is 2.42. The van der Waals surface area contributed by atoms with E-state index in [2.05, 4.69) is 4.98 Å². The number of ether oxygens (including phenoxy) is 1. The highest BCUT2D eigenvalue weighted by Crippen LogP contribution is 2.27. The van der Waals surface area contributed by atoms with Gasteiger partial charge in [0.05, 0.1) is 16.1 Å². The van der Waals surface area contributed by atoms with Crippen LogP contribution in [0.1, 0.15) is 5.56 Å². The topological polar surface area (TPSA) is 65.3 Å². The molecule has 18 heavy (non-hydrogen) atoms. The van der Waals surface area contributed by atoms with E-state index in [9.17, 15) is 10.1 Å². The zero-order chi connectivity index (χ0) is 13.0. The van der Waals surface area contributed by atoms with Gasteiger partial charge in [-0.2, -0.15) is 0 Å². The lowest BCUT2D eigenvalue weighted by molar-refractivity contribution is -0.386. The predicted molar refractivity (Wildman–Crippen MR) is 66.7 cm³/mol. The van der Waals surface area contributed by atoms with Gasteiger partial charge in [-0.05, 0) is 5.56 Å². The van der Waals surface area contributed by atoms with Gasteiger partial charge in [0, 0.05) is 6.07 Å². The van der Waals surface area contributed by atoms with Gasteiger partial charge >= 0.3 is 5.69 Å². The first-order chi connectivity index (χ1) is 8.66. The Bertz CT molecular complexity index is 561. The molecule has 1 aromatic carbocycles. The summed E-state index contributed by atoms with van der Waals surface area (Å²) in [5.74, 6) is -0.0340. The van der Waals surface area contributed by atoms with Crippen LogP contribution in [0, 0.1) is 10.1 Å². The summed E-state index contributed by atoms with van der Waals surface area (Å²) in [6, 6.07) is 10.6. The first-order valence-electron chi connectivity index (χ1n) is 5.13. The second kappa shape index (κ2) is 5.46. The van der Waals surface area contributed by atoms with Crippen molar-refractivity contribution in [1.29, 1.82) is 0 Å². The number of hydrogen-bond acceptors (Lipinski definition) is 4. The molecule has 1 aromatic heterocycles. The first-order valence-corrected chi connectivity index (χ1v) is 5.51. The highest BCUT2D eigenvalue weighted by molar-refractivity contribution is 6.30. The molecule has 5 nitrogen and oxygen atoms in total. The lowest BCUT2D eigenvalue weighted by atomic mass is 10.2.